The maximum Gasteiger partial charge on any atom is 0.252 e. The Bertz CT molecular complexity index is 3470. The Morgan fingerprint density at radius 2 is 0.952 bits per heavy atom. The highest BCUT2D eigenvalue weighted by molar-refractivity contribution is 7.00. The second-order valence-corrected chi connectivity index (χ2v) is 19.4. The average Bonchev–Trinajstić information content (AvgIpc) is 3.84. The maximum absolute atomic E-state index is 6.82. The molecule has 0 N–H and O–H groups in total. The topological polar surface area (TPSA) is 32.8 Å². The number of aryl methyl sites for hydroxylation is 1. The molecule has 8 aromatic carbocycles. The lowest BCUT2D eigenvalue weighted by atomic mass is 9.33. The van der Waals surface area contributed by atoms with Gasteiger partial charge < -0.3 is 18.6 Å². The average molecular weight is 803 g/mol. The van der Waals surface area contributed by atoms with Gasteiger partial charge in [0.05, 0.1) is 5.69 Å². The number of hydrogen-bond donors (Lipinski definition) is 0. The van der Waals surface area contributed by atoms with Crippen molar-refractivity contribution in [3.05, 3.63) is 174 Å². The van der Waals surface area contributed by atoms with Crippen LogP contribution in [0.3, 0.4) is 0 Å². The highest BCUT2D eigenvalue weighted by Crippen LogP contribution is 2.48. The molecule has 2 aliphatic rings. The highest BCUT2D eigenvalue weighted by Gasteiger charge is 2.44. The molecule has 4 heterocycles. The predicted octanol–water partition coefficient (Wildman–Crippen LogP) is 14.1. The molecule has 300 valence electrons. The molecule has 0 bridgehead atoms. The van der Waals surface area contributed by atoms with Crippen molar-refractivity contribution in [2.24, 2.45) is 0 Å². The number of benzene rings is 8. The summed E-state index contributed by atoms with van der Waals surface area (Å²) in [5.74, 6) is 0. The van der Waals surface area contributed by atoms with E-state index in [9.17, 15) is 0 Å². The van der Waals surface area contributed by atoms with Gasteiger partial charge in [-0.3, -0.25) is 0 Å². The second kappa shape index (κ2) is 13.0. The summed E-state index contributed by atoms with van der Waals surface area (Å²) < 4.78 is 13.3. The van der Waals surface area contributed by atoms with Crippen molar-refractivity contribution < 1.29 is 8.83 Å². The van der Waals surface area contributed by atoms with E-state index in [1.165, 1.54) is 55.8 Å². The fourth-order valence-corrected chi connectivity index (χ4v) is 10.3. The highest BCUT2D eigenvalue weighted by atomic mass is 16.3. The summed E-state index contributed by atoms with van der Waals surface area (Å²) in [6, 6.07) is 58.1. The predicted molar refractivity (Wildman–Crippen MR) is 263 cm³/mol. The lowest BCUT2D eigenvalue weighted by Gasteiger charge is -2.45. The molecule has 0 radical (unpaired) electrons. The van der Waals surface area contributed by atoms with Crippen LogP contribution in [0, 0.1) is 6.92 Å². The molecule has 62 heavy (non-hydrogen) atoms. The molecule has 2 aromatic heterocycles. The number of anilines is 6. The fourth-order valence-electron chi connectivity index (χ4n) is 10.3. The van der Waals surface area contributed by atoms with Gasteiger partial charge in [-0.15, -0.1) is 0 Å². The van der Waals surface area contributed by atoms with Gasteiger partial charge in [-0.1, -0.05) is 145 Å². The molecule has 5 heteroatoms. The lowest BCUT2D eigenvalue weighted by molar-refractivity contribution is 0.590. The number of fused-ring (bicyclic) bond motifs is 10. The van der Waals surface area contributed by atoms with E-state index in [1.54, 1.807) is 0 Å². The van der Waals surface area contributed by atoms with Gasteiger partial charge in [0.2, 0.25) is 0 Å². The van der Waals surface area contributed by atoms with Crippen LogP contribution in [-0.4, -0.2) is 6.71 Å². The standard InChI is InChI=1S/C57H47BN2O2/c1-34-30-49-53-50(31-34)60(46-19-13-18-43-41-15-9-11-21-52(41)62-55(43)46)48-33-37(57(5,6)7)25-29-45(48)58(53)44-28-24-36(56(2,3)4)32-47(44)59(49)38-26-22-35(23-27-38)39-16-12-17-42-40-14-8-10-20-51(40)61-54(39)42/h8-33H,1-7H3. The van der Waals surface area contributed by atoms with E-state index in [2.05, 4.69) is 210 Å². The van der Waals surface area contributed by atoms with Crippen molar-refractivity contribution in [3.63, 3.8) is 0 Å². The quantitative estimate of drug-likeness (QED) is 0.167. The van der Waals surface area contributed by atoms with Crippen molar-refractivity contribution in [1.82, 2.24) is 0 Å². The first kappa shape index (κ1) is 36.8. The zero-order valence-electron chi connectivity index (χ0n) is 36.3. The summed E-state index contributed by atoms with van der Waals surface area (Å²) in [5.41, 5.74) is 20.4. The second-order valence-electron chi connectivity index (χ2n) is 19.4. The van der Waals surface area contributed by atoms with Crippen molar-refractivity contribution in [2.75, 3.05) is 9.80 Å². The Kier molecular flexibility index (Phi) is 7.73. The van der Waals surface area contributed by atoms with Crippen LogP contribution >= 0.6 is 0 Å². The minimum absolute atomic E-state index is 0.0148. The molecule has 10 aromatic rings. The molecule has 0 saturated heterocycles. The molecule has 0 atom stereocenters. The summed E-state index contributed by atoms with van der Waals surface area (Å²) in [7, 11) is 0. The smallest absolute Gasteiger partial charge is 0.252 e. The first-order valence-electron chi connectivity index (χ1n) is 21.9. The van der Waals surface area contributed by atoms with Crippen LogP contribution in [0.4, 0.5) is 34.1 Å². The summed E-state index contributed by atoms with van der Waals surface area (Å²) in [6.45, 7) is 16.1. The summed E-state index contributed by atoms with van der Waals surface area (Å²) in [6.07, 6.45) is 0. The van der Waals surface area contributed by atoms with E-state index in [4.69, 9.17) is 8.83 Å². The summed E-state index contributed by atoms with van der Waals surface area (Å²) in [4.78, 5) is 5.02. The van der Waals surface area contributed by atoms with Crippen LogP contribution in [0.5, 0.6) is 0 Å². The van der Waals surface area contributed by atoms with E-state index in [0.29, 0.717) is 0 Å². The molecular formula is C57H47BN2O2. The minimum atomic E-state index is -0.0465. The number of hydrogen-bond acceptors (Lipinski definition) is 4. The fraction of sp³-hybridized carbons (Fsp3) is 0.158. The van der Waals surface area contributed by atoms with E-state index in [0.717, 1.165) is 66.4 Å². The molecule has 0 aliphatic carbocycles. The zero-order chi connectivity index (χ0) is 42.2. The zero-order valence-corrected chi connectivity index (χ0v) is 36.3. The van der Waals surface area contributed by atoms with Crippen LogP contribution in [0.15, 0.2) is 167 Å². The van der Waals surface area contributed by atoms with Gasteiger partial charge in [0, 0.05) is 55.5 Å². The molecule has 2 aliphatic heterocycles. The van der Waals surface area contributed by atoms with Crippen LogP contribution < -0.4 is 26.2 Å². The largest absolute Gasteiger partial charge is 0.455 e. The first-order chi connectivity index (χ1) is 29.9. The summed E-state index contributed by atoms with van der Waals surface area (Å²) >= 11 is 0. The van der Waals surface area contributed by atoms with Crippen LogP contribution in [0.2, 0.25) is 0 Å². The normalized spacial score (nSPS) is 13.6. The van der Waals surface area contributed by atoms with Gasteiger partial charge in [0.1, 0.15) is 16.7 Å². The van der Waals surface area contributed by atoms with E-state index < -0.39 is 0 Å². The van der Waals surface area contributed by atoms with E-state index in [1.807, 2.05) is 6.07 Å². The molecule has 0 unspecified atom stereocenters. The number of nitrogens with zero attached hydrogens (tertiary/aromatic N) is 2. The molecule has 0 amide bonds. The molecule has 0 fully saturated rings. The molecule has 12 rings (SSSR count). The van der Waals surface area contributed by atoms with E-state index >= 15 is 0 Å². The Hall–Kier alpha value is -6.98. The van der Waals surface area contributed by atoms with Crippen molar-refractivity contribution >= 4 is 101 Å². The third-order valence-electron chi connectivity index (χ3n) is 13.4. The number of para-hydroxylation sites is 4. The Balaban J connectivity index is 1.11. The SMILES string of the molecule is Cc1cc2c3c(c1)N(c1cccc4c1oc1ccccc14)c1cc(C(C)(C)C)ccc1B3c1ccc(C(C)(C)C)cc1N2c1ccc(-c2cccc3c2oc2ccccc23)cc1. The van der Waals surface area contributed by atoms with Crippen LogP contribution in [0.25, 0.3) is 55.0 Å². The monoisotopic (exact) mass is 802 g/mol. The van der Waals surface area contributed by atoms with Crippen molar-refractivity contribution in [2.45, 2.75) is 59.3 Å². The number of furan rings is 2. The van der Waals surface area contributed by atoms with E-state index in [-0.39, 0.29) is 17.5 Å². The molecular weight excluding hydrogens is 755 g/mol. The Labute approximate surface area is 363 Å². The van der Waals surface area contributed by atoms with Gasteiger partial charge in [-0.25, -0.2) is 0 Å². The van der Waals surface area contributed by atoms with Gasteiger partial charge in [0.15, 0.2) is 5.58 Å². The van der Waals surface area contributed by atoms with Gasteiger partial charge in [-0.05, 0) is 111 Å². The first-order valence-corrected chi connectivity index (χ1v) is 21.9. The maximum atomic E-state index is 6.82. The molecule has 4 nitrogen and oxygen atoms in total. The Morgan fingerprint density at radius 3 is 1.56 bits per heavy atom. The van der Waals surface area contributed by atoms with Crippen LogP contribution in [0.1, 0.15) is 58.2 Å². The van der Waals surface area contributed by atoms with Crippen LogP contribution in [-0.2, 0) is 10.8 Å². The number of rotatable bonds is 3. The van der Waals surface area contributed by atoms with Gasteiger partial charge in [-0.2, -0.15) is 0 Å². The van der Waals surface area contributed by atoms with Gasteiger partial charge >= 0.3 is 0 Å². The minimum Gasteiger partial charge on any atom is -0.455 e. The third-order valence-corrected chi connectivity index (χ3v) is 13.4. The molecule has 0 saturated carbocycles. The molecule has 0 spiro atoms. The van der Waals surface area contributed by atoms with Crippen molar-refractivity contribution in [3.8, 4) is 11.1 Å². The summed E-state index contributed by atoms with van der Waals surface area (Å²) in [5, 5.41) is 4.53. The van der Waals surface area contributed by atoms with Gasteiger partial charge in [0.25, 0.3) is 6.71 Å². The Morgan fingerprint density at radius 1 is 0.435 bits per heavy atom. The van der Waals surface area contributed by atoms with Crippen molar-refractivity contribution in [1.29, 1.82) is 0 Å². The lowest BCUT2D eigenvalue weighted by Crippen LogP contribution is -2.61. The third kappa shape index (κ3) is 5.40.